The number of rotatable bonds is 3. The third-order valence-electron chi connectivity index (χ3n) is 3.43. The summed E-state index contributed by atoms with van der Waals surface area (Å²) in [6.07, 6.45) is -4.50. The van der Waals surface area contributed by atoms with Gasteiger partial charge in [0.25, 0.3) is 5.56 Å². The molecule has 0 atom stereocenters. The minimum Gasteiger partial charge on any atom is -0.304 e. The molecule has 0 amide bonds. The van der Waals surface area contributed by atoms with Crippen molar-refractivity contribution in [2.75, 3.05) is 5.43 Å². The molecule has 26 heavy (non-hydrogen) atoms. The number of nitriles is 1. The zero-order valence-corrected chi connectivity index (χ0v) is 13.0. The van der Waals surface area contributed by atoms with E-state index in [1.54, 1.807) is 30.3 Å². The predicted molar refractivity (Wildman–Crippen MR) is 89.6 cm³/mol. The smallest absolute Gasteiger partial charge is 0.304 e. The predicted octanol–water partition coefficient (Wildman–Crippen LogP) is 3.28. The van der Waals surface area contributed by atoms with Gasteiger partial charge in [-0.15, -0.1) is 0 Å². The SMILES string of the molecule is N#CC(=NNc1cccc(C(F)(F)F)c1)c1nc2ccccc2c(=O)[nH]1. The van der Waals surface area contributed by atoms with Gasteiger partial charge < -0.3 is 4.98 Å². The summed E-state index contributed by atoms with van der Waals surface area (Å²) in [5, 5.41) is 13.3. The van der Waals surface area contributed by atoms with E-state index in [0.29, 0.717) is 10.9 Å². The summed E-state index contributed by atoms with van der Waals surface area (Å²) >= 11 is 0. The molecule has 9 heteroatoms. The van der Waals surface area contributed by atoms with Crippen LogP contribution in [0.1, 0.15) is 11.4 Å². The highest BCUT2D eigenvalue weighted by atomic mass is 19.4. The maximum Gasteiger partial charge on any atom is 0.416 e. The second-order valence-corrected chi connectivity index (χ2v) is 5.19. The Bertz CT molecular complexity index is 1100. The van der Waals surface area contributed by atoms with Crippen molar-refractivity contribution >= 4 is 22.3 Å². The van der Waals surface area contributed by atoms with Crippen molar-refractivity contribution in [3.63, 3.8) is 0 Å². The molecule has 3 rings (SSSR count). The zero-order valence-electron chi connectivity index (χ0n) is 13.0. The molecule has 1 aromatic heterocycles. The van der Waals surface area contributed by atoms with Crippen LogP contribution >= 0.6 is 0 Å². The molecule has 0 aliphatic carbocycles. The average molecular weight is 357 g/mol. The van der Waals surface area contributed by atoms with Crippen molar-refractivity contribution < 1.29 is 13.2 Å². The normalized spacial score (nSPS) is 12.0. The molecular weight excluding hydrogens is 347 g/mol. The molecule has 0 spiro atoms. The number of aromatic nitrogens is 2. The van der Waals surface area contributed by atoms with Crippen LogP contribution < -0.4 is 11.0 Å². The maximum atomic E-state index is 12.7. The van der Waals surface area contributed by atoms with Crippen molar-refractivity contribution in [1.82, 2.24) is 9.97 Å². The molecule has 1 heterocycles. The summed E-state index contributed by atoms with van der Waals surface area (Å²) in [5.41, 5.74) is 1.21. The Balaban J connectivity index is 1.95. The number of anilines is 1. The van der Waals surface area contributed by atoms with E-state index >= 15 is 0 Å². The summed E-state index contributed by atoms with van der Waals surface area (Å²) in [5.74, 6) is -0.0873. The first-order valence-electron chi connectivity index (χ1n) is 7.29. The lowest BCUT2D eigenvalue weighted by Crippen LogP contribution is -2.16. The number of halogens is 3. The Hall–Kier alpha value is -3.67. The fraction of sp³-hybridized carbons (Fsp3) is 0.0588. The van der Waals surface area contributed by atoms with Crippen molar-refractivity contribution in [1.29, 1.82) is 5.26 Å². The second-order valence-electron chi connectivity index (χ2n) is 5.19. The van der Waals surface area contributed by atoms with Crippen LogP contribution in [-0.2, 0) is 6.18 Å². The number of aromatic amines is 1. The number of para-hydroxylation sites is 1. The monoisotopic (exact) mass is 357 g/mol. The quantitative estimate of drug-likeness (QED) is 0.556. The van der Waals surface area contributed by atoms with Gasteiger partial charge in [0.1, 0.15) is 6.07 Å². The molecule has 0 aliphatic rings. The van der Waals surface area contributed by atoms with Crippen molar-refractivity contribution in [2.24, 2.45) is 5.10 Å². The van der Waals surface area contributed by atoms with E-state index in [2.05, 4.69) is 20.5 Å². The lowest BCUT2D eigenvalue weighted by molar-refractivity contribution is -0.137. The van der Waals surface area contributed by atoms with Gasteiger partial charge in [-0.05, 0) is 30.3 Å². The number of nitrogens with one attached hydrogen (secondary N) is 2. The topological polar surface area (TPSA) is 93.9 Å². The van der Waals surface area contributed by atoms with E-state index in [-0.39, 0.29) is 17.2 Å². The number of benzene rings is 2. The highest BCUT2D eigenvalue weighted by Crippen LogP contribution is 2.30. The number of H-pyrrole nitrogens is 1. The lowest BCUT2D eigenvalue weighted by Gasteiger charge is -2.08. The molecule has 0 saturated carbocycles. The molecule has 130 valence electrons. The minimum atomic E-state index is -4.50. The Labute approximate surface area is 144 Å². The average Bonchev–Trinajstić information content (AvgIpc) is 2.62. The second kappa shape index (κ2) is 6.68. The van der Waals surface area contributed by atoms with Crippen LogP contribution in [-0.4, -0.2) is 15.7 Å². The van der Waals surface area contributed by atoms with E-state index in [0.717, 1.165) is 12.1 Å². The van der Waals surface area contributed by atoms with Gasteiger partial charge >= 0.3 is 6.18 Å². The van der Waals surface area contributed by atoms with E-state index in [1.807, 2.05) is 0 Å². The third kappa shape index (κ3) is 3.54. The van der Waals surface area contributed by atoms with Crippen molar-refractivity contribution in [2.45, 2.75) is 6.18 Å². The van der Waals surface area contributed by atoms with Crippen molar-refractivity contribution in [3.8, 4) is 6.07 Å². The van der Waals surface area contributed by atoms with Gasteiger partial charge in [0.2, 0.25) is 5.71 Å². The molecule has 0 radical (unpaired) electrons. The molecule has 3 aromatic rings. The summed E-state index contributed by atoms with van der Waals surface area (Å²) < 4.78 is 38.2. The first-order chi connectivity index (χ1) is 12.4. The largest absolute Gasteiger partial charge is 0.416 e. The fourth-order valence-electron chi connectivity index (χ4n) is 2.21. The summed E-state index contributed by atoms with van der Waals surface area (Å²) in [4.78, 5) is 18.6. The third-order valence-corrected chi connectivity index (χ3v) is 3.43. The maximum absolute atomic E-state index is 12.7. The summed E-state index contributed by atoms with van der Waals surface area (Å²) in [7, 11) is 0. The first-order valence-corrected chi connectivity index (χ1v) is 7.29. The fourth-order valence-corrected chi connectivity index (χ4v) is 2.21. The van der Waals surface area contributed by atoms with E-state index in [9.17, 15) is 23.2 Å². The Kier molecular flexibility index (Phi) is 4.41. The Morgan fingerprint density at radius 1 is 1.19 bits per heavy atom. The van der Waals surface area contributed by atoms with Gasteiger partial charge in [-0.3, -0.25) is 10.2 Å². The van der Waals surface area contributed by atoms with Crippen LogP contribution in [0.4, 0.5) is 18.9 Å². The standard InChI is InChI=1S/C17H10F3N5O/c18-17(19,20)10-4-3-5-11(8-10)24-25-14(9-21)15-22-13-7-2-1-6-12(13)16(26)23-15/h1-8,24H,(H,22,23,26). The van der Waals surface area contributed by atoms with Gasteiger partial charge in [-0.1, -0.05) is 18.2 Å². The number of fused-ring (bicyclic) bond motifs is 1. The van der Waals surface area contributed by atoms with Gasteiger partial charge in [0.15, 0.2) is 5.82 Å². The number of hydrogen-bond acceptors (Lipinski definition) is 5. The van der Waals surface area contributed by atoms with Crippen molar-refractivity contribution in [3.05, 3.63) is 70.3 Å². The van der Waals surface area contributed by atoms with E-state index < -0.39 is 17.3 Å². The van der Waals surface area contributed by atoms with Crippen LogP contribution in [0, 0.1) is 11.3 Å². The number of hydrogen-bond donors (Lipinski definition) is 2. The highest BCUT2D eigenvalue weighted by molar-refractivity contribution is 6.10. The van der Waals surface area contributed by atoms with Gasteiger partial charge in [0.05, 0.1) is 22.2 Å². The number of alkyl halides is 3. The van der Waals surface area contributed by atoms with Crippen LogP contribution in [0.2, 0.25) is 0 Å². The molecule has 6 nitrogen and oxygen atoms in total. The Morgan fingerprint density at radius 3 is 2.69 bits per heavy atom. The van der Waals surface area contributed by atoms with Crippen LogP contribution in [0.5, 0.6) is 0 Å². The highest BCUT2D eigenvalue weighted by Gasteiger charge is 2.30. The summed E-state index contributed by atoms with van der Waals surface area (Å²) in [6, 6.07) is 12.6. The molecular formula is C17H10F3N5O. The van der Waals surface area contributed by atoms with Gasteiger partial charge in [0, 0.05) is 0 Å². The summed E-state index contributed by atoms with van der Waals surface area (Å²) in [6.45, 7) is 0. The first kappa shape index (κ1) is 17.2. The molecule has 0 aliphatic heterocycles. The Morgan fingerprint density at radius 2 is 1.96 bits per heavy atom. The van der Waals surface area contributed by atoms with E-state index in [1.165, 1.54) is 12.1 Å². The zero-order chi connectivity index (χ0) is 18.7. The van der Waals surface area contributed by atoms with Crippen LogP contribution in [0.3, 0.4) is 0 Å². The molecule has 0 unspecified atom stereocenters. The van der Waals surface area contributed by atoms with E-state index in [4.69, 9.17) is 0 Å². The minimum absolute atomic E-state index is 0.0377. The molecule has 2 aromatic carbocycles. The molecule has 0 saturated heterocycles. The molecule has 0 fully saturated rings. The molecule has 0 bridgehead atoms. The number of hydrazone groups is 1. The van der Waals surface area contributed by atoms with Crippen LogP contribution in [0.25, 0.3) is 10.9 Å². The van der Waals surface area contributed by atoms with Crippen LogP contribution in [0.15, 0.2) is 58.4 Å². The lowest BCUT2D eigenvalue weighted by atomic mass is 10.2. The molecule has 2 N–H and O–H groups in total. The van der Waals surface area contributed by atoms with Gasteiger partial charge in [-0.2, -0.15) is 23.5 Å². The number of nitrogens with zero attached hydrogens (tertiary/aromatic N) is 3. The van der Waals surface area contributed by atoms with Gasteiger partial charge in [-0.25, -0.2) is 4.98 Å².